The summed E-state index contributed by atoms with van der Waals surface area (Å²) in [7, 11) is 0. The van der Waals surface area contributed by atoms with Crippen molar-refractivity contribution < 1.29 is 9.90 Å². The van der Waals surface area contributed by atoms with Crippen molar-refractivity contribution >= 4 is 5.91 Å². The molecule has 26 heavy (non-hydrogen) atoms. The lowest BCUT2D eigenvalue weighted by atomic mass is 9.98. The largest absolute Gasteiger partial charge is 0.390 e. The fourth-order valence-corrected chi connectivity index (χ4v) is 3.59. The molecule has 0 radical (unpaired) electrons. The summed E-state index contributed by atoms with van der Waals surface area (Å²) in [6.45, 7) is 9.18. The molecule has 1 aromatic carbocycles. The summed E-state index contributed by atoms with van der Waals surface area (Å²) in [5.41, 5.74) is 3.38. The minimum atomic E-state index is -0.665. The molecule has 0 unspecified atom stereocenters. The van der Waals surface area contributed by atoms with E-state index < -0.39 is 5.60 Å². The second-order valence-corrected chi connectivity index (χ2v) is 8.07. The number of carbonyl (C=O) groups is 1. The highest BCUT2D eigenvalue weighted by Crippen LogP contribution is 2.24. The maximum absolute atomic E-state index is 12.8. The zero-order valence-corrected chi connectivity index (χ0v) is 16.2. The van der Waals surface area contributed by atoms with Crippen LogP contribution in [0.5, 0.6) is 0 Å². The topological polar surface area (TPSA) is 58.4 Å². The molecule has 2 aromatic rings. The van der Waals surface area contributed by atoms with Crippen LogP contribution in [0.15, 0.2) is 30.3 Å². The molecule has 1 fully saturated rings. The van der Waals surface area contributed by atoms with Crippen LogP contribution in [-0.2, 0) is 6.42 Å². The molecule has 3 rings (SSSR count). The Bertz CT molecular complexity index is 772. The number of carbonyl (C=O) groups excluding carboxylic acids is 1. The Morgan fingerprint density at radius 1 is 1.27 bits per heavy atom. The standard InChI is InChI=1S/C21H29N3O2/c1-15-13-16(2)24(22-15)19-10-12-23(14-19)20(25)18-7-5-17(6-8-18)9-11-21(3,4)26/h5-8,13,19,26H,9-12,14H2,1-4H3/t19-/m0/s1. The van der Waals surface area contributed by atoms with E-state index in [9.17, 15) is 9.90 Å². The number of aromatic nitrogens is 2. The number of aryl methyl sites for hydroxylation is 3. The third kappa shape index (κ3) is 4.33. The van der Waals surface area contributed by atoms with E-state index in [1.165, 1.54) is 0 Å². The molecule has 5 nitrogen and oxygen atoms in total. The summed E-state index contributed by atoms with van der Waals surface area (Å²) in [6, 6.07) is 10.1. The molecule has 0 spiro atoms. The van der Waals surface area contributed by atoms with Crippen molar-refractivity contribution in [2.24, 2.45) is 0 Å². The highest BCUT2D eigenvalue weighted by molar-refractivity contribution is 5.94. The Morgan fingerprint density at radius 2 is 1.96 bits per heavy atom. The van der Waals surface area contributed by atoms with E-state index in [0.29, 0.717) is 13.0 Å². The Hall–Kier alpha value is -2.14. The molecule has 1 N–H and O–H groups in total. The molecule has 0 saturated carbocycles. The summed E-state index contributed by atoms with van der Waals surface area (Å²) >= 11 is 0. The predicted octanol–water partition coefficient (Wildman–Crippen LogP) is 3.29. The Kier molecular flexibility index (Phi) is 5.19. The van der Waals surface area contributed by atoms with E-state index in [0.717, 1.165) is 41.9 Å². The fraction of sp³-hybridized carbons (Fsp3) is 0.524. The van der Waals surface area contributed by atoms with Crippen LogP contribution in [-0.4, -0.2) is 44.4 Å². The molecular formula is C21H29N3O2. The van der Waals surface area contributed by atoms with E-state index in [-0.39, 0.29) is 11.9 Å². The van der Waals surface area contributed by atoms with Crippen molar-refractivity contribution in [3.8, 4) is 0 Å². The van der Waals surface area contributed by atoms with E-state index in [4.69, 9.17) is 0 Å². The maximum Gasteiger partial charge on any atom is 0.253 e. The van der Waals surface area contributed by atoms with Gasteiger partial charge in [0.25, 0.3) is 5.91 Å². The van der Waals surface area contributed by atoms with Crippen LogP contribution >= 0.6 is 0 Å². The molecule has 1 amide bonds. The van der Waals surface area contributed by atoms with Gasteiger partial charge in [0.2, 0.25) is 0 Å². The van der Waals surface area contributed by atoms with Crippen LogP contribution in [0.4, 0.5) is 0 Å². The molecule has 0 aliphatic carbocycles. The lowest BCUT2D eigenvalue weighted by molar-refractivity contribution is 0.0713. The van der Waals surface area contributed by atoms with Gasteiger partial charge < -0.3 is 10.0 Å². The predicted molar refractivity (Wildman–Crippen MR) is 102 cm³/mol. The first-order valence-corrected chi connectivity index (χ1v) is 9.36. The van der Waals surface area contributed by atoms with Crippen molar-refractivity contribution in [1.29, 1.82) is 0 Å². The molecule has 5 heteroatoms. The lowest BCUT2D eigenvalue weighted by Crippen LogP contribution is -2.29. The SMILES string of the molecule is Cc1cc(C)n([C@H]2CCN(C(=O)c3ccc(CCC(C)(C)O)cc3)C2)n1. The van der Waals surface area contributed by atoms with Crippen LogP contribution < -0.4 is 0 Å². The monoisotopic (exact) mass is 355 g/mol. The third-order valence-corrected chi connectivity index (χ3v) is 5.07. The average Bonchev–Trinajstić information content (AvgIpc) is 3.18. The quantitative estimate of drug-likeness (QED) is 0.895. The van der Waals surface area contributed by atoms with Crippen LogP contribution in [0, 0.1) is 13.8 Å². The number of rotatable bonds is 5. The van der Waals surface area contributed by atoms with Crippen LogP contribution in [0.2, 0.25) is 0 Å². The molecule has 2 heterocycles. The van der Waals surface area contributed by atoms with Crippen molar-refractivity contribution in [1.82, 2.24) is 14.7 Å². The number of nitrogens with zero attached hydrogens (tertiary/aromatic N) is 3. The first-order chi connectivity index (χ1) is 12.2. The molecule has 140 valence electrons. The van der Waals surface area contributed by atoms with Gasteiger partial charge in [-0.1, -0.05) is 12.1 Å². The average molecular weight is 355 g/mol. The van der Waals surface area contributed by atoms with Gasteiger partial charge in [-0.15, -0.1) is 0 Å². The molecule has 1 aliphatic heterocycles. The van der Waals surface area contributed by atoms with Crippen molar-refractivity contribution in [2.45, 2.75) is 58.6 Å². The highest BCUT2D eigenvalue weighted by atomic mass is 16.3. The van der Waals surface area contributed by atoms with Gasteiger partial charge in [0.15, 0.2) is 0 Å². The van der Waals surface area contributed by atoms with E-state index >= 15 is 0 Å². The zero-order valence-electron chi connectivity index (χ0n) is 16.2. The van der Waals surface area contributed by atoms with Crippen LogP contribution in [0.1, 0.15) is 60.0 Å². The van der Waals surface area contributed by atoms with Gasteiger partial charge in [0.05, 0.1) is 17.3 Å². The van der Waals surface area contributed by atoms with Crippen LogP contribution in [0.3, 0.4) is 0 Å². The van der Waals surface area contributed by atoms with E-state index in [1.54, 1.807) is 0 Å². The molecule has 1 aromatic heterocycles. The second-order valence-electron chi connectivity index (χ2n) is 8.07. The lowest BCUT2D eigenvalue weighted by Gasteiger charge is -2.18. The van der Waals surface area contributed by atoms with Gasteiger partial charge in [-0.05, 0) is 70.7 Å². The van der Waals surface area contributed by atoms with Crippen molar-refractivity contribution in [3.05, 3.63) is 52.8 Å². The number of benzene rings is 1. The maximum atomic E-state index is 12.8. The summed E-state index contributed by atoms with van der Waals surface area (Å²) in [5, 5.41) is 14.4. The van der Waals surface area contributed by atoms with Gasteiger partial charge in [-0.25, -0.2) is 0 Å². The first-order valence-electron chi connectivity index (χ1n) is 9.36. The van der Waals surface area contributed by atoms with E-state index in [1.807, 2.05) is 49.9 Å². The summed E-state index contributed by atoms with van der Waals surface area (Å²) in [4.78, 5) is 14.7. The summed E-state index contributed by atoms with van der Waals surface area (Å²) < 4.78 is 2.06. The molecule has 1 saturated heterocycles. The van der Waals surface area contributed by atoms with Gasteiger partial charge in [-0.2, -0.15) is 5.10 Å². The van der Waals surface area contributed by atoms with Crippen molar-refractivity contribution in [3.63, 3.8) is 0 Å². The number of amides is 1. The number of hydrogen-bond acceptors (Lipinski definition) is 3. The molecule has 0 bridgehead atoms. The van der Waals surface area contributed by atoms with Gasteiger partial charge in [0.1, 0.15) is 0 Å². The number of aliphatic hydroxyl groups is 1. The molecular weight excluding hydrogens is 326 g/mol. The van der Waals surface area contributed by atoms with Gasteiger partial charge in [-0.3, -0.25) is 9.48 Å². The minimum Gasteiger partial charge on any atom is -0.390 e. The zero-order chi connectivity index (χ0) is 18.9. The number of hydrogen-bond donors (Lipinski definition) is 1. The fourth-order valence-electron chi connectivity index (χ4n) is 3.59. The second kappa shape index (κ2) is 7.23. The Morgan fingerprint density at radius 3 is 2.54 bits per heavy atom. The van der Waals surface area contributed by atoms with Gasteiger partial charge in [0, 0.05) is 24.3 Å². The Labute approximate surface area is 155 Å². The third-order valence-electron chi connectivity index (χ3n) is 5.07. The Balaban J connectivity index is 1.62. The first kappa shape index (κ1) is 18.6. The minimum absolute atomic E-state index is 0.0862. The molecule has 1 atom stereocenters. The normalized spacial score (nSPS) is 17.7. The van der Waals surface area contributed by atoms with Crippen LogP contribution in [0.25, 0.3) is 0 Å². The number of likely N-dealkylation sites (tertiary alicyclic amines) is 1. The summed E-state index contributed by atoms with van der Waals surface area (Å²) in [5.74, 6) is 0.0862. The highest BCUT2D eigenvalue weighted by Gasteiger charge is 2.29. The van der Waals surface area contributed by atoms with Crippen molar-refractivity contribution in [2.75, 3.05) is 13.1 Å². The summed E-state index contributed by atoms with van der Waals surface area (Å²) in [6.07, 6.45) is 2.45. The van der Waals surface area contributed by atoms with E-state index in [2.05, 4.69) is 22.8 Å². The van der Waals surface area contributed by atoms with Gasteiger partial charge >= 0.3 is 0 Å². The smallest absolute Gasteiger partial charge is 0.253 e. The molecule has 1 aliphatic rings.